The van der Waals surface area contributed by atoms with Crippen LogP contribution in [0.1, 0.15) is 36.5 Å². The molecule has 0 aromatic heterocycles. The third-order valence-corrected chi connectivity index (χ3v) is 6.70. The lowest BCUT2D eigenvalue weighted by Gasteiger charge is -2.22. The molecule has 2 heterocycles. The zero-order chi connectivity index (χ0) is 18.4. The molecular formula is C16H18FNO6S. The van der Waals surface area contributed by atoms with E-state index in [4.69, 9.17) is 4.74 Å². The van der Waals surface area contributed by atoms with E-state index < -0.39 is 45.8 Å². The summed E-state index contributed by atoms with van der Waals surface area (Å²) in [4.78, 5) is 22.8. The number of esters is 1. The molecule has 0 saturated carbocycles. The Morgan fingerprint density at radius 1 is 1.32 bits per heavy atom. The Hall–Kier alpha value is -2.00. The van der Waals surface area contributed by atoms with Crippen molar-refractivity contribution in [3.8, 4) is 0 Å². The summed E-state index contributed by atoms with van der Waals surface area (Å²) in [5.74, 6) is -3.47. The van der Waals surface area contributed by atoms with Crippen molar-refractivity contribution >= 4 is 22.0 Å². The molecule has 1 N–H and O–H groups in total. The minimum absolute atomic E-state index is 0.0774. The van der Waals surface area contributed by atoms with Crippen molar-refractivity contribution < 1.29 is 32.2 Å². The van der Waals surface area contributed by atoms with Crippen LogP contribution in [0.4, 0.5) is 4.39 Å². The molecule has 3 unspecified atom stereocenters. The summed E-state index contributed by atoms with van der Waals surface area (Å²) in [7, 11) is -4.11. The molecule has 1 aromatic rings. The number of carboxylic acid groups (broad SMARTS) is 1. The molecule has 2 saturated heterocycles. The quantitative estimate of drug-likeness (QED) is 0.790. The number of carbonyl (C=O) groups excluding carboxylic acids is 1. The van der Waals surface area contributed by atoms with Gasteiger partial charge in [-0.2, -0.15) is 4.31 Å². The molecule has 3 atom stereocenters. The van der Waals surface area contributed by atoms with Crippen molar-refractivity contribution in [3.05, 3.63) is 29.6 Å². The van der Waals surface area contributed by atoms with Gasteiger partial charge in [-0.1, -0.05) is 0 Å². The SMILES string of the molecule is CCOC(=O)c1cc(F)cc(S(=O)(=O)N2C3CCC2C(C(=O)O)C3)c1. The van der Waals surface area contributed by atoms with Gasteiger partial charge in [0.05, 0.1) is 23.0 Å². The molecule has 2 aliphatic rings. The first-order chi connectivity index (χ1) is 11.8. The Kier molecular flexibility index (Phi) is 4.54. The van der Waals surface area contributed by atoms with Gasteiger partial charge in [0.25, 0.3) is 0 Å². The van der Waals surface area contributed by atoms with E-state index in [0.29, 0.717) is 12.8 Å². The van der Waals surface area contributed by atoms with Gasteiger partial charge in [0.1, 0.15) is 5.82 Å². The van der Waals surface area contributed by atoms with Gasteiger partial charge in [-0.3, -0.25) is 4.79 Å². The van der Waals surface area contributed by atoms with Crippen LogP contribution in [0.3, 0.4) is 0 Å². The van der Waals surface area contributed by atoms with Gasteiger partial charge in [0.15, 0.2) is 0 Å². The number of benzene rings is 1. The molecule has 0 aliphatic carbocycles. The highest BCUT2D eigenvalue weighted by atomic mass is 32.2. The molecule has 136 valence electrons. The molecule has 0 amide bonds. The molecule has 2 bridgehead atoms. The molecule has 2 fully saturated rings. The maximum atomic E-state index is 13.9. The van der Waals surface area contributed by atoms with Crippen LogP contribution in [0.2, 0.25) is 0 Å². The molecule has 7 nitrogen and oxygen atoms in total. The fraction of sp³-hybridized carbons (Fsp3) is 0.500. The van der Waals surface area contributed by atoms with Gasteiger partial charge >= 0.3 is 11.9 Å². The van der Waals surface area contributed by atoms with Crippen molar-refractivity contribution in [3.63, 3.8) is 0 Å². The van der Waals surface area contributed by atoms with Crippen LogP contribution in [0.15, 0.2) is 23.1 Å². The fourth-order valence-corrected chi connectivity index (χ4v) is 5.72. The number of hydrogen-bond acceptors (Lipinski definition) is 5. The second kappa shape index (κ2) is 6.38. The number of hydrogen-bond donors (Lipinski definition) is 1. The van der Waals surface area contributed by atoms with Gasteiger partial charge in [-0.05, 0) is 44.4 Å². The zero-order valence-electron chi connectivity index (χ0n) is 13.5. The van der Waals surface area contributed by atoms with E-state index >= 15 is 0 Å². The average molecular weight is 371 g/mol. The second-order valence-electron chi connectivity index (χ2n) is 6.21. The second-order valence-corrected chi connectivity index (χ2v) is 8.05. The Bertz CT molecular complexity index is 824. The Morgan fingerprint density at radius 2 is 2.04 bits per heavy atom. The number of aliphatic carboxylic acids is 1. The van der Waals surface area contributed by atoms with E-state index in [-0.39, 0.29) is 23.5 Å². The Morgan fingerprint density at radius 3 is 2.64 bits per heavy atom. The third kappa shape index (κ3) is 3.02. The van der Waals surface area contributed by atoms with Crippen LogP contribution in [0, 0.1) is 11.7 Å². The van der Waals surface area contributed by atoms with Crippen molar-refractivity contribution in [1.29, 1.82) is 0 Å². The molecule has 9 heteroatoms. The summed E-state index contributed by atoms with van der Waals surface area (Å²) in [6.07, 6.45) is 1.29. The number of halogens is 1. The van der Waals surface area contributed by atoms with Crippen LogP contribution < -0.4 is 0 Å². The molecule has 1 aromatic carbocycles. The van der Waals surface area contributed by atoms with Crippen LogP contribution in [0.25, 0.3) is 0 Å². The van der Waals surface area contributed by atoms with Crippen molar-refractivity contribution in [2.24, 2.45) is 5.92 Å². The summed E-state index contributed by atoms with van der Waals surface area (Å²) < 4.78 is 45.8. The van der Waals surface area contributed by atoms with E-state index in [0.717, 1.165) is 18.2 Å². The van der Waals surface area contributed by atoms with Crippen LogP contribution in [-0.2, 0) is 19.6 Å². The maximum Gasteiger partial charge on any atom is 0.338 e. The lowest BCUT2D eigenvalue weighted by molar-refractivity contribution is -0.142. The van der Waals surface area contributed by atoms with E-state index in [2.05, 4.69) is 0 Å². The number of rotatable bonds is 5. The number of sulfonamides is 1. The summed E-state index contributed by atoms with van der Waals surface area (Å²) in [5, 5.41) is 9.27. The zero-order valence-corrected chi connectivity index (χ0v) is 14.3. The van der Waals surface area contributed by atoms with E-state index in [1.54, 1.807) is 6.92 Å². The Labute approximate surface area is 144 Å². The van der Waals surface area contributed by atoms with Crippen molar-refractivity contribution in [2.45, 2.75) is 43.2 Å². The number of fused-ring (bicyclic) bond motifs is 2. The van der Waals surface area contributed by atoms with Gasteiger partial charge in [0.2, 0.25) is 10.0 Å². The first-order valence-electron chi connectivity index (χ1n) is 7.99. The number of ether oxygens (including phenoxy) is 1. The average Bonchev–Trinajstić information content (AvgIpc) is 3.13. The van der Waals surface area contributed by atoms with Gasteiger partial charge in [0, 0.05) is 12.1 Å². The van der Waals surface area contributed by atoms with Gasteiger partial charge in [-0.25, -0.2) is 17.6 Å². The van der Waals surface area contributed by atoms with Gasteiger partial charge in [-0.15, -0.1) is 0 Å². The smallest absolute Gasteiger partial charge is 0.338 e. The molecule has 0 radical (unpaired) electrons. The molecular weight excluding hydrogens is 353 g/mol. The topological polar surface area (TPSA) is 101 Å². The van der Waals surface area contributed by atoms with E-state index in [9.17, 15) is 27.5 Å². The normalized spacial score (nSPS) is 25.9. The van der Waals surface area contributed by atoms with E-state index in [1.165, 1.54) is 4.31 Å². The Balaban J connectivity index is 1.99. The highest BCUT2D eigenvalue weighted by Crippen LogP contribution is 2.45. The number of carbonyl (C=O) groups is 2. The minimum Gasteiger partial charge on any atom is -0.481 e. The largest absolute Gasteiger partial charge is 0.481 e. The first kappa shape index (κ1) is 17.8. The number of carboxylic acids is 1. The molecule has 2 aliphatic heterocycles. The third-order valence-electron chi connectivity index (χ3n) is 4.75. The summed E-state index contributed by atoms with van der Waals surface area (Å²) in [5.41, 5.74) is -0.193. The van der Waals surface area contributed by atoms with E-state index in [1.807, 2.05) is 0 Å². The monoisotopic (exact) mass is 371 g/mol. The summed E-state index contributed by atoms with van der Waals surface area (Å²) in [6.45, 7) is 1.66. The summed E-state index contributed by atoms with van der Waals surface area (Å²) >= 11 is 0. The van der Waals surface area contributed by atoms with Crippen molar-refractivity contribution in [1.82, 2.24) is 4.31 Å². The fourth-order valence-electron chi connectivity index (χ4n) is 3.74. The predicted molar refractivity (Wildman–Crippen MR) is 83.9 cm³/mol. The van der Waals surface area contributed by atoms with Crippen molar-refractivity contribution in [2.75, 3.05) is 6.61 Å². The minimum atomic E-state index is -4.11. The highest BCUT2D eigenvalue weighted by Gasteiger charge is 2.54. The standard InChI is InChI=1S/C16H18FNO6S/c1-2-24-16(21)9-5-10(17)7-12(6-9)25(22,23)18-11-3-4-14(18)13(8-11)15(19)20/h5-7,11,13-14H,2-4,8H2,1H3,(H,19,20). The van der Waals surface area contributed by atoms with Crippen LogP contribution in [0.5, 0.6) is 0 Å². The molecule has 25 heavy (non-hydrogen) atoms. The van der Waals surface area contributed by atoms with Crippen LogP contribution >= 0.6 is 0 Å². The summed E-state index contributed by atoms with van der Waals surface area (Å²) in [6, 6.07) is 1.78. The van der Waals surface area contributed by atoms with Crippen LogP contribution in [-0.4, -0.2) is 48.5 Å². The first-order valence-corrected chi connectivity index (χ1v) is 9.43. The molecule has 0 spiro atoms. The lowest BCUT2D eigenvalue weighted by atomic mass is 9.89. The highest BCUT2D eigenvalue weighted by molar-refractivity contribution is 7.89. The predicted octanol–water partition coefficient (Wildman–Crippen LogP) is 1.63. The maximum absolute atomic E-state index is 13.9. The molecule has 3 rings (SSSR count). The lowest BCUT2D eigenvalue weighted by Crippen LogP contribution is -2.38. The number of nitrogens with zero attached hydrogens (tertiary/aromatic N) is 1. The van der Waals surface area contributed by atoms with Gasteiger partial charge < -0.3 is 9.84 Å².